The molecule has 9 heteroatoms. The predicted octanol–water partition coefficient (Wildman–Crippen LogP) is 4.35. The first-order valence-electron chi connectivity index (χ1n) is 8.55. The third kappa shape index (κ3) is 5.23. The number of aromatic nitrogens is 1. The van der Waals surface area contributed by atoms with Gasteiger partial charge in [0, 0.05) is 30.3 Å². The molecule has 148 valence electrons. The van der Waals surface area contributed by atoms with E-state index in [2.05, 4.69) is 10.3 Å². The summed E-state index contributed by atoms with van der Waals surface area (Å²) in [7, 11) is 0. The number of nitrogens with zero attached hydrogens (tertiary/aromatic N) is 1. The molecule has 0 atom stereocenters. The highest BCUT2D eigenvalue weighted by Crippen LogP contribution is 2.23. The van der Waals surface area contributed by atoms with Crippen LogP contribution in [0.25, 0.3) is 10.9 Å². The molecule has 2 N–H and O–H groups in total. The summed E-state index contributed by atoms with van der Waals surface area (Å²) in [4.78, 5) is 13.4. The molecular formula is C19H18F3N3O3. The number of halogens is 3. The average Bonchev–Trinajstić information content (AvgIpc) is 3.05. The number of ether oxygens (including phenoxy) is 1. The molecule has 0 saturated heterocycles. The van der Waals surface area contributed by atoms with Gasteiger partial charge in [0.05, 0.1) is 10.4 Å². The van der Waals surface area contributed by atoms with Gasteiger partial charge in [0.25, 0.3) is 5.69 Å². The minimum atomic E-state index is -4.37. The van der Waals surface area contributed by atoms with E-state index >= 15 is 0 Å². The van der Waals surface area contributed by atoms with Crippen molar-refractivity contribution >= 4 is 16.6 Å². The Kier molecular flexibility index (Phi) is 5.84. The largest absolute Gasteiger partial charge is 0.484 e. The van der Waals surface area contributed by atoms with E-state index in [1.165, 1.54) is 18.2 Å². The number of rotatable bonds is 8. The van der Waals surface area contributed by atoms with Crippen molar-refractivity contribution < 1.29 is 22.8 Å². The van der Waals surface area contributed by atoms with Gasteiger partial charge < -0.3 is 15.0 Å². The monoisotopic (exact) mass is 393 g/mol. The number of alkyl halides is 3. The third-order valence-electron chi connectivity index (χ3n) is 4.16. The Balaban J connectivity index is 1.52. The molecule has 2 aromatic carbocycles. The minimum Gasteiger partial charge on any atom is -0.484 e. The van der Waals surface area contributed by atoms with Crippen molar-refractivity contribution in [1.29, 1.82) is 0 Å². The number of benzene rings is 2. The van der Waals surface area contributed by atoms with Crippen LogP contribution in [0.4, 0.5) is 18.9 Å². The lowest BCUT2D eigenvalue weighted by atomic mass is 10.1. The Hall–Kier alpha value is -3.07. The van der Waals surface area contributed by atoms with E-state index in [4.69, 9.17) is 4.74 Å². The fourth-order valence-electron chi connectivity index (χ4n) is 2.86. The van der Waals surface area contributed by atoms with Crippen molar-refractivity contribution in [3.63, 3.8) is 0 Å². The number of hydrogen-bond acceptors (Lipinski definition) is 4. The lowest BCUT2D eigenvalue weighted by Crippen LogP contribution is -2.19. The second kappa shape index (κ2) is 8.30. The van der Waals surface area contributed by atoms with Crippen LogP contribution in [0.15, 0.2) is 48.7 Å². The molecule has 28 heavy (non-hydrogen) atoms. The maximum atomic E-state index is 12.2. The number of aromatic amines is 1. The van der Waals surface area contributed by atoms with E-state index in [0.29, 0.717) is 25.0 Å². The topological polar surface area (TPSA) is 80.2 Å². The van der Waals surface area contributed by atoms with Gasteiger partial charge in [-0.25, -0.2) is 0 Å². The van der Waals surface area contributed by atoms with Crippen LogP contribution in [-0.4, -0.2) is 29.2 Å². The highest BCUT2D eigenvalue weighted by molar-refractivity contribution is 5.85. The summed E-state index contributed by atoms with van der Waals surface area (Å²) in [5, 5.41) is 15.0. The molecule has 3 aromatic rings. The summed E-state index contributed by atoms with van der Waals surface area (Å²) in [5.74, 6) is 0.176. The average molecular weight is 393 g/mol. The SMILES string of the molecule is O=[N+]([O-])c1ccc2c(CCNCc3cccc(OCC(F)(F)F)c3)c[nH]c2c1. The fourth-order valence-corrected chi connectivity index (χ4v) is 2.86. The number of nitro groups is 1. The van der Waals surface area contributed by atoms with Crippen LogP contribution in [0, 0.1) is 10.1 Å². The number of hydrogen-bond donors (Lipinski definition) is 2. The van der Waals surface area contributed by atoms with E-state index in [-0.39, 0.29) is 11.4 Å². The molecule has 0 aliphatic heterocycles. The smallest absolute Gasteiger partial charge is 0.422 e. The van der Waals surface area contributed by atoms with Gasteiger partial charge >= 0.3 is 6.18 Å². The van der Waals surface area contributed by atoms with Crippen LogP contribution >= 0.6 is 0 Å². The summed E-state index contributed by atoms with van der Waals surface area (Å²) in [6, 6.07) is 11.2. The molecule has 0 saturated carbocycles. The molecule has 0 aliphatic rings. The van der Waals surface area contributed by atoms with Gasteiger partial charge in [-0.15, -0.1) is 0 Å². The van der Waals surface area contributed by atoms with Crippen molar-refractivity contribution in [1.82, 2.24) is 10.3 Å². The van der Waals surface area contributed by atoms with Crippen LogP contribution in [-0.2, 0) is 13.0 Å². The standard InChI is InChI=1S/C19H18F3N3O3/c20-19(21,22)12-28-16-3-1-2-13(8-16)10-23-7-6-14-11-24-18-9-15(25(26)27)4-5-17(14)18/h1-5,8-9,11,23-24H,6-7,10,12H2. The zero-order valence-electron chi connectivity index (χ0n) is 14.8. The molecular weight excluding hydrogens is 375 g/mol. The normalized spacial score (nSPS) is 11.7. The number of nitrogens with one attached hydrogen (secondary N) is 2. The van der Waals surface area contributed by atoms with E-state index in [0.717, 1.165) is 16.5 Å². The number of non-ortho nitro benzene ring substituents is 1. The molecule has 1 aromatic heterocycles. The first-order valence-corrected chi connectivity index (χ1v) is 8.55. The number of fused-ring (bicyclic) bond motifs is 1. The Morgan fingerprint density at radius 2 is 2.00 bits per heavy atom. The van der Waals surface area contributed by atoms with Gasteiger partial charge in [-0.2, -0.15) is 13.2 Å². The maximum absolute atomic E-state index is 12.2. The fraction of sp³-hybridized carbons (Fsp3) is 0.263. The van der Waals surface area contributed by atoms with Crippen molar-refractivity contribution in [2.45, 2.75) is 19.1 Å². The summed E-state index contributed by atoms with van der Waals surface area (Å²) in [6.07, 6.45) is -1.85. The van der Waals surface area contributed by atoms with Crippen molar-refractivity contribution in [3.05, 3.63) is 69.9 Å². The van der Waals surface area contributed by atoms with Gasteiger partial charge in [0.15, 0.2) is 6.61 Å². The Bertz CT molecular complexity index is 970. The number of nitro benzene ring substituents is 1. The first-order chi connectivity index (χ1) is 13.3. The Morgan fingerprint density at radius 1 is 1.18 bits per heavy atom. The van der Waals surface area contributed by atoms with Crippen LogP contribution in [0.2, 0.25) is 0 Å². The van der Waals surface area contributed by atoms with Gasteiger partial charge in [-0.1, -0.05) is 12.1 Å². The van der Waals surface area contributed by atoms with E-state index < -0.39 is 17.7 Å². The predicted molar refractivity (Wildman–Crippen MR) is 98.4 cm³/mol. The molecule has 6 nitrogen and oxygen atoms in total. The lowest BCUT2D eigenvalue weighted by Gasteiger charge is -2.10. The lowest BCUT2D eigenvalue weighted by molar-refractivity contribution is -0.384. The van der Waals surface area contributed by atoms with Gasteiger partial charge in [-0.3, -0.25) is 10.1 Å². The van der Waals surface area contributed by atoms with Crippen molar-refractivity contribution in [3.8, 4) is 5.75 Å². The molecule has 0 bridgehead atoms. The molecule has 0 radical (unpaired) electrons. The summed E-state index contributed by atoms with van der Waals surface area (Å²) in [5.41, 5.74) is 2.58. The third-order valence-corrected chi connectivity index (χ3v) is 4.16. The summed E-state index contributed by atoms with van der Waals surface area (Å²) in [6.45, 7) is -0.197. The zero-order valence-corrected chi connectivity index (χ0v) is 14.8. The second-order valence-corrected chi connectivity index (χ2v) is 6.28. The number of H-pyrrole nitrogens is 1. The van der Waals surface area contributed by atoms with Crippen LogP contribution in [0.1, 0.15) is 11.1 Å². The second-order valence-electron chi connectivity index (χ2n) is 6.28. The van der Waals surface area contributed by atoms with Crippen molar-refractivity contribution in [2.75, 3.05) is 13.2 Å². The first kappa shape index (κ1) is 19.7. The summed E-state index contributed by atoms with van der Waals surface area (Å²) < 4.78 is 41.4. The van der Waals surface area contributed by atoms with Gasteiger partial charge in [0.1, 0.15) is 5.75 Å². The van der Waals surface area contributed by atoms with Crippen LogP contribution in [0.5, 0.6) is 5.75 Å². The minimum absolute atomic E-state index is 0.0339. The van der Waals surface area contributed by atoms with Gasteiger partial charge in [0.2, 0.25) is 0 Å². The molecule has 1 heterocycles. The summed E-state index contributed by atoms with van der Waals surface area (Å²) >= 11 is 0. The molecule has 0 fully saturated rings. The zero-order chi connectivity index (χ0) is 20.1. The Labute approximate surface area is 158 Å². The molecule has 0 unspecified atom stereocenters. The van der Waals surface area contributed by atoms with Crippen LogP contribution in [0.3, 0.4) is 0 Å². The molecule has 0 aliphatic carbocycles. The molecule has 3 rings (SSSR count). The Morgan fingerprint density at radius 3 is 2.75 bits per heavy atom. The van der Waals surface area contributed by atoms with Gasteiger partial charge in [-0.05, 0) is 42.3 Å². The highest BCUT2D eigenvalue weighted by Gasteiger charge is 2.28. The van der Waals surface area contributed by atoms with Crippen LogP contribution < -0.4 is 10.1 Å². The van der Waals surface area contributed by atoms with E-state index in [9.17, 15) is 23.3 Å². The van der Waals surface area contributed by atoms with Crippen molar-refractivity contribution in [2.24, 2.45) is 0 Å². The molecule has 0 amide bonds. The highest BCUT2D eigenvalue weighted by atomic mass is 19.4. The maximum Gasteiger partial charge on any atom is 0.422 e. The van der Waals surface area contributed by atoms with E-state index in [1.807, 2.05) is 6.20 Å². The van der Waals surface area contributed by atoms with E-state index in [1.54, 1.807) is 24.3 Å². The molecule has 0 spiro atoms. The quantitative estimate of drug-likeness (QED) is 0.339.